The van der Waals surface area contributed by atoms with Gasteiger partial charge >= 0.3 is 0 Å². The number of hydrogen-bond acceptors (Lipinski definition) is 2. The fourth-order valence-corrected chi connectivity index (χ4v) is 3.38. The first-order valence-electron chi connectivity index (χ1n) is 8.37. The van der Waals surface area contributed by atoms with Crippen LogP contribution >= 0.6 is 0 Å². The van der Waals surface area contributed by atoms with E-state index in [0.29, 0.717) is 0 Å². The van der Waals surface area contributed by atoms with Gasteiger partial charge in [0.1, 0.15) is 5.75 Å². The molecule has 0 unspecified atom stereocenters. The van der Waals surface area contributed by atoms with Crippen LogP contribution in [0.15, 0.2) is 41.4 Å². The Morgan fingerprint density at radius 2 is 1.84 bits per heavy atom. The number of aromatic nitrogens is 2. The van der Waals surface area contributed by atoms with Crippen molar-refractivity contribution in [3.63, 3.8) is 0 Å². The van der Waals surface area contributed by atoms with Gasteiger partial charge in [0, 0.05) is 22.7 Å². The van der Waals surface area contributed by atoms with Gasteiger partial charge in [-0.05, 0) is 50.1 Å². The zero-order valence-corrected chi connectivity index (χ0v) is 14.9. The Morgan fingerprint density at radius 3 is 2.52 bits per heavy atom. The summed E-state index contributed by atoms with van der Waals surface area (Å²) in [6, 6.07) is 12.4. The van der Waals surface area contributed by atoms with Crippen LogP contribution < -0.4 is 26.0 Å². The molecule has 0 bridgehead atoms. The standard InChI is InChI=1S/C21H21N3O/c1-12-9-13(2)22-17(12)10-18-20(25-4)11-19(23-18)21-14(3)15-7-5-6-8-16(15)24-21/h5-11,22-23H,1-4H3. The Balaban J connectivity index is 1.97. The van der Waals surface area contributed by atoms with E-state index < -0.39 is 0 Å². The maximum atomic E-state index is 5.58. The number of nitrogens with one attached hydrogen (secondary N) is 2. The van der Waals surface area contributed by atoms with E-state index in [-0.39, 0.29) is 0 Å². The summed E-state index contributed by atoms with van der Waals surface area (Å²) >= 11 is 0. The number of methoxy groups -OCH3 is 1. The third kappa shape index (κ3) is 2.60. The van der Waals surface area contributed by atoms with Crippen molar-refractivity contribution in [3.8, 4) is 5.75 Å². The van der Waals surface area contributed by atoms with Crippen LogP contribution in [0, 0.1) is 13.8 Å². The van der Waals surface area contributed by atoms with Gasteiger partial charge in [-0.15, -0.1) is 0 Å². The highest BCUT2D eigenvalue weighted by atomic mass is 16.5. The summed E-state index contributed by atoms with van der Waals surface area (Å²) in [4.78, 5) is 11.6. The predicted molar refractivity (Wildman–Crippen MR) is 100 cm³/mol. The van der Waals surface area contributed by atoms with Gasteiger partial charge in [0.05, 0.1) is 28.9 Å². The van der Waals surface area contributed by atoms with Gasteiger partial charge < -0.3 is 14.7 Å². The van der Waals surface area contributed by atoms with Crippen molar-refractivity contribution in [3.05, 3.63) is 74.6 Å². The first kappa shape index (κ1) is 15.5. The van der Waals surface area contributed by atoms with Gasteiger partial charge in [-0.1, -0.05) is 18.2 Å². The van der Waals surface area contributed by atoms with Gasteiger partial charge in [0.15, 0.2) is 0 Å². The predicted octanol–water partition coefficient (Wildman–Crippen LogP) is 1.41. The second-order valence-electron chi connectivity index (χ2n) is 6.46. The number of ether oxygens (including phenoxy) is 1. The highest BCUT2D eigenvalue weighted by Crippen LogP contribution is 2.13. The van der Waals surface area contributed by atoms with Crippen LogP contribution in [0.4, 0.5) is 0 Å². The third-order valence-electron chi connectivity index (χ3n) is 4.66. The summed E-state index contributed by atoms with van der Waals surface area (Å²) in [6.07, 6.45) is 2.09. The summed E-state index contributed by atoms with van der Waals surface area (Å²) in [5.74, 6) is 0.813. The van der Waals surface area contributed by atoms with Gasteiger partial charge in [0.2, 0.25) is 0 Å². The van der Waals surface area contributed by atoms with Crippen molar-refractivity contribution in [1.82, 2.24) is 9.97 Å². The Bertz CT molecular complexity index is 1210. The summed E-state index contributed by atoms with van der Waals surface area (Å²) in [5.41, 5.74) is 5.59. The number of aryl methyl sites for hydroxylation is 2. The quantitative estimate of drug-likeness (QED) is 0.733. The zero-order valence-electron chi connectivity index (χ0n) is 14.9. The summed E-state index contributed by atoms with van der Waals surface area (Å²) in [7, 11) is 1.69. The Morgan fingerprint density at radius 1 is 1.04 bits per heavy atom. The molecule has 2 N–H and O–H groups in total. The molecule has 0 saturated carbocycles. The van der Waals surface area contributed by atoms with Crippen LogP contribution in [0.3, 0.4) is 0 Å². The SMILES string of the molecule is COc1cc(=C2N=c3ccccc3=C2C)[nH]c1=Cc1[nH]c(C)cc1C. The average Bonchev–Trinajstić information content (AvgIpc) is 3.24. The minimum Gasteiger partial charge on any atom is -0.494 e. The zero-order chi connectivity index (χ0) is 17.6. The van der Waals surface area contributed by atoms with E-state index in [9.17, 15) is 0 Å². The molecule has 1 aromatic carbocycles. The Hall–Kier alpha value is -3.01. The van der Waals surface area contributed by atoms with Crippen molar-refractivity contribution >= 4 is 17.3 Å². The number of nitrogens with zero attached hydrogens (tertiary/aromatic N) is 1. The molecule has 0 amide bonds. The first-order valence-corrected chi connectivity index (χ1v) is 8.37. The van der Waals surface area contributed by atoms with E-state index in [1.807, 2.05) is 24.3 Å². The van der Waals surface area contributed by atoms with Gasteiger partial charge in [-0.25, -0.2) is 4.99 Å². The molecule has 0 fully saturated rings. The summed E-state index contributed by atoms with van der Waals surface area (Å²) in [6.45, 7) is 6.27. The second-order valence-corrected chi connectivity index (χ2v) is 6.46. The lowest BCUT2D eigenvalue weighted by Gasteiger charge is -1.94. The fraction of sp³-hybridized carbons (Fsp3) is 0.190. The van der Waals surface area contributed by atoms with Crippen molar-refractivity contribution in [2.45, 2.75) is 20.8 Å². The van der Waals surface area contributed by atoms with Crippen molar-refractivity contribution < 1.29 is 4.74 Å². The van der Waals surface area contributed by atoms with Crippen LogP contribution in [0.25, 0.3) is 17.3 Å². The molecule has 126 valence electrons. The molecular formula is C21H21N3O. The summed E-state index contributed by atoms with van der Waals surface area (Å²) < 4.78 is 5.58. The summed E-state index contributed by atoms with van der Waals surface area (Å²) in [5, 5.41) is 4.11. The van der Waals surface area contributed by atoms with Gasteiger partial charge in [-0.3, -0.25) is 0 Å². The minimum atomic E-state index is 0.813. The van der Waals surface area contributed by atoms with Crippen LogP contribution in [-0.2, 0) is 0 Å². The number of hydrogen-bond donors (Lipinski definition) is 2. The highest BCUT2D eigenvalue weighted by molar-refractivity contribution is 5.87. The molecule has 4 heteroatoms. The lowest BCUT2D eigenvalue weighted by Crippen LogP contribution is -2.21. The van der Waals surface area contributed by atoms with E-state index in [1.165, 1.54) is 16.4 Å². The maximum Gasteiger partial charge on any atom is 0.144 e. The van der Waals surface area contributed by atoms with E-state index in [0.717, 1.165) is 38.9 Å². The van der Waals surface area contributed by atoms with Gasteiger partial charge in [0.25, 0.3) is 0 Å². The van der Waals surface area contributed by atoms with Crippen LogP contribution in [0.5, 0.6) is 5.75 Å². The molecule has 0 saturated heterocycles. The third-order valence-corrected chi connectivity index (χ3v) is 4.66. The first-order chi connectivity index (χ1) is 12.1. The average molecular weight is 331 g/mol. The molecule has 25 heavy (non-hydrogen) atoms. The molecular weight excluding hydrogens is 310 g/mol. The van der Waals surface area contributed by atoms with Crippen molar-refractivity contribution in [1.29, 1.82) is 0 Å². The molecule has 0 radical (unpaired) electrons. The number of H-pyrrole nitrogens is 2. The van der Waals surface area contributed by atoms with E-state index in [4.69, 9.17) is 9.73 Å². The molecule has 3 aromatic rings. The lowest BCUT2D eigenvalue weighted by atomic mass is 10.1. The molecule has 1 aliphatic heterocycles. The lowest BCUT2D eigenvalue weighted by molar-refractivity contribution is 0.412. The van der Waals surface area contributed by atoms with Crippen LogP contribution in [0.2, 0.25) is 0 Å². The molecule has 1 aliphatic rings. The van der Waals surface area contributed by atoms with E-state index >= 15 is 0 Å². The molecule has 0 aliphatic carbocycles. The normalized spacial score (nSPS) is 16.2. The minimum absolute atomic E-state index is 0.813. The van der Waals surface area contributed by atoms with Crippen LogP contribution in [-0.4, -0.2) is 17.1 Å². The molecule has 4 nitrogen and oxygen atoms in total. The maximum absolute atomic E-state index is 5.58. The highest BCUT2D eigenvalue weighted by Gasteiger charge is 2.11. The van der Waals surface area contributed by atoms with Crippen molar-refractivity contribution in [2.75, 3.05) is 7.11 Å². The number of para-hydroxylation sites is 1. The molecule has 4 rings (SSSR count). The molecule has 0 atom stereocenters. The second kappa shape index (κ2) is 5.81. The molecule has 2 aromatic heterocycles. The van der Waals surface area contributed by atoms with Crippen LogP contribution in [0.1, 0.15) is 23.9 Å². The number of aromatic amines is 2. The Kier molecular flexibility index (Phi) is 3.61. The number of fused-ring (bicyclic) bond motifs is 1. The smallest absolute Gasteiger partial charge is 0.144 e. The topological polar surface area (TPSA) is 53.2 Å². The molecule has 3 heterocycles. The number of benzene rings is 1. The fourth-order valence-electron chi connectivity index (χ4n) is 3.38. The largest absolute Gasteiger partial charge is 0.494 e. The monoisotopic (exact) mass is 331 g/mol. The van der Waals surface area contributed by atoms with Crippen molar-refractivity contribution in [2.24, 2.45) is 4.99 Å². The van der Waals surface area contributed by atoms with E-state index in [1.54, 1.807) is 7.11 Å². The van der Waals surface area contributed by atoms with E-state index in [2.05, 4.69) is 48.9 Å². The number of rotatable bonds is 2. The molecule has 0 spiro atoms. The van der Waals surface area contributed by atoms with Gasteiger partial charge in [-0.2, -0.15) is 0 Å². The Labute approximate surface area is 145 Å².